The fourth-order valence-corrected chi connectivity index (χ4v) is 2.23. The summed E-state index contributed by atoms with van der Waals surface area (Å²) in [4.78, 5) is 34.2. The number of non-ortho nitro benzene ring substituents is 1. The maximum absolute atomic E-state index is 13.3. The predicted molar refractivity (Wildman–Crippen MR) is 86.7 cm³/mol. The molecular weight excluding hydrogens is 350 g/mol. The van der Waals surface area contributed by atoms with Crippen LogP contribution in [0.4, 0.5) is 14.5 Å². The molecule has 7 nitrogen and oxygen atoms in total. The Labute approximate surface area is 146 Å². The van der Waals surface area contributed by atoms with Gasteiger partial charge >= 0.3 is 5.97 Å². The zero-order valence-corrected chi connectivity index (χ0v) is 13.8. The summed E-state index contributed by atoms with van der Waals surface area (Å²) >= 11 is 0. The molecule has 1 amide bonds. The number of hydrogen-bond acceptors (Lipinski definition) is 5. The van der Waals surface area contributed by atoms with Crippen LogP contribution in [0.3, 0.4) is 0 Å². The Hall–Kier alpha value is -3.36. The monoisotopic (exact) mass is 364 g/mol. The van der Waals surface area contributed by atoms with Gasteiger partial charge in [0.15, 0.2) is 11.6 Å². The van der Waals surface area contributed by atoms with Crippen LogP contribution in [0.25, 0.3) is 0 Å². The van der Waals surface area contributed by atoms with Crippen LogP contribution >= 0.6 is 0 Å². The van der Waals surface area contributed by atoms with Gasteiger partial charge in [0, 0.05) is 17.7 Å². The number of carbonyl (C=O) groups excluding carboxylic acids is 2. The van der Waals surface area contributed by atoms with Crippen molar-refractivity contribution in [3.8, 4) is 0 Å². The van der Waals surface area contributed by atoms with E-state index in [1.165, 1.54) is 13.0 Å². The van der Waals surface area contributed by atoms with Gasteiger partial charge < -0.3 is 10.1 Å². The van der Waals surface area contributed by atoms with E-state index in [-0.39, 0.29) is 11.1 Å². The van der Waals surface area contributed by atoms with Crippen LogP contribution in [-0.4, -0.2) is 23.9 Å². The zero-order valence-electron chi connectivity index (χ0n) is 13.8. The molecule has 0 aliphatic heterocycles. The molecule has 0 fully saturated rings. The normalized spacial score (nSPS) is 11.5. The van der Waals surface area contributed by atoms with E-state index in [9.17, 15) is 28.5 Å². The molecule has 0 saturated heterocycles. The molecule has 136 valence electrons. The SMILES string of the molecule is COC(=O)c1cc(C(=O)NC(C)c2ccc(F)c(F)c2)cc([N+](=O)[O-])c1. The van der Waals surface area contributed by atoms with Gasteiger partial charge in [-0.05, 0) is 30.7 Å². The van der Waals surface area contributed by atoms with E-state index in [4.69, 9.17) is 0 Å². The highest BCUT2D eigenvalue weighted by Gasteiger charge is 2.20. The van der Waals surface area contributed by atoms with Gasteiger partial charge in [0.25, 0.3) is 11.6 Å². The van der Waals surface area contributed by atoms with Gasteiger partial charge in [-0.25, -0.2) is 13.6 Å². The lowest BCUT2D eigenvalue weighted by molar-refractivity contribution is -0.384. The van der Waals surface area contributed by atoms with Gasteiger partial charge in [-0.3, -0.25) is 14.9 Å². The summed E-state index contributed by atoms with van der Waals surface area (Å²) in [5.41, 5.74) is -0.462. The molecule has 9 heteroatoms. The number of esters is 1. The third-order valence-electron chi connectivity index (χ3n) is 3.60. The summed E-state index contributed by atoms with van der Waals surface area (Å²) in [6.07, 6.45) is 0. The highest BCUT2D eigenvalue weighted by atomic mass is 19.2. The van der Waals surface area contributed by atoms with Crippen LogP contribution in [-0.2, 0) is 4.74 Å². The molecule has 1 N–H and O–H groups in total. The van der Waals surface area contributed by atoms with Gasteiger partial charge in [-0.15, -0.1) is 0 Å². The minimum absolute atomic E-state index is 0.144. The second kappa shape index (κ2) is 7.68. The summed E-state index contributed by atoms with van der Waals surface area (Å²) in [6.45, 7) is 1.53. The number of nitrogens with zero attached hydrogens (tertiary/aromatic N) is 1. The van der Waals surface area contributed by atoms with Crippen LogP contribution in [0.5, 0.6) is 0 Å². The standard InChI is InChI=1S/C17H14F2N2O5/c1-9(10-3-4-14(18)15(19)8-10)20-16(22)11-5-12(17(23)26-2)7-13(6-11)21(24)25/h3-9H,1-2H3,(H,20,22). The number of nitrogens with one attached hydrogen (secondary N) is 1. The number of amides is 1. The molecule has 26 heavy (non-hydrogen) atoms. The molecule has 2 rings (SSSR count). The van der Waals surface area contributed by atoms with Gasteiger partial charge in [0.1, 0.15) is 0 Å². The second-order valence-corrected chi connectivity index (χ2v) is 5.39. The Morgan fingerprint density at radius 2 is 1.77 bits per heavy atom. The molecule has 0 radical (unpaired) electrons. The minimum Gasteiger partial charge on any atom is -0.465 e. The topological polar surface area (TPSA) is 98.5 Å². The van der Waals surface area contributed by atoms with Crippen molar-refractivity contribution in [2.45, 2.75) is 13.0 Å². The molecular formula is C17H14F2N2O5. The Morgan fingerprint density at radius 3 is 2.35 bits per heavy atom. The van der Waals surface area contributed by atoms with Crippen molar-refractivity contribution in [3.05, 3.63) is 74.8 Å². The third-order valence-corrected chi connectivity index (χ3v) is 3.60. The molecule has 0 aliphatic rings. The number of carbonyl (C=O) groups is 2. The Balaban J connectivity index is 2.30. The number of ether oxygens (including phenoxy) is 1. The zero-order chi connectivity index (χ0) is 19.4. The number of hydrogen-bond donors (Lipinski definition) is 1. The molecule has 0 heterocycles. The van der Waals surface area contributed by atoms with E-state index in [0.717, 1.165) is 37.4 Å². The molecule has 0 aromatic heterocycles. The fraction of sp³-hybridized carbons (Fsp3) is 0.176. The molecule has 0 aliphatic carbocycles. The van der Waals surface area contributed by atoms with Gasteiger partial charge in [0.2, 0.25) is 0 Å². The highest BCUT2D eigenvalue weighted by molar-refractivity contribution is 5.99. The van der Waals surface area contributed by atoms with Crippen LogP contribution < -0.4 is 5.32 Å². The second-order valence-electron chi connectivity index (χ2n) is 5.39. The number of nitro benzene ring substituents is 1. The van der Waals surface area contributed by atoms with Crippen molar-refractivity contribution in [2.75, 3.05) is 7.11 Å². The third kappa shape index (κ3) is 4.18. The Bertz CT molecular complexity index is 885. The van der Waals surface area contributed by atoms with Crippen molar-refractivity contribution in [3.63, 3.8) is 0 Å². The average molecular weight is 364 g/mol. The van der Waals surface area contributed by atoms with E-state index in [1.807, 2.05) is 0 Å². The van der Waals surface area contributed by atoms with Crippen molar-refractivity contribution in [2.24, 2.45) is 0 Å². The van der Waals surface area contributed by atoms with Crippen molar-refractivity contribution in [1.29, 1.82) is 0 Å². The van der Waals surface area contributed by atoms with Crippen molar-refractivity contribution >= 4 is 17.6 Å². The van der Waals surface area contributed by atoms with Crippen LogP contribution in [0.1, 0.15) is 39.2 Å². The van der Waals surface area contributed by atoms with Crippen molar-refractivity contribution < 1.29 is 28.0 Å². The number of nitro groups is 1. The maximum Gasteiger partial charge on any atom is 0.338 e. The fourth-order valence-electron chi connectivity index (χ4n) is 2.23. The lowest BCUT2D eigenvalue weighted by Crippen LogP contribution is -2.27. The highest BCUT2D eigenvalue weighted by Crippen LogP contribution is 2.20. The summed E-state index contributed by atoms with van der Waals surface area (Å²) < 4.78 is 30.8. The molecule has 0 bridgehead atoms. The first kappa shape index (κ1) is 19.0. The van der Waals surface area contributed by atoms with Crippen LogP contribution in [0, 0.1) is 21.7 Å². The molecule has 1 atom stereocenters. The molecule has 1 unspecified atom stereocenters. The first-order valence-electron chi connectivity index (χ1n) is 7.36. The summed E-state index contributed by atoms with van der Waals surface area (Å²) in [5, 5.41) is 13.5. The van der Waals surface area contributed by atoms with E-state index >= 15 is 0 Å². The van der Waals surface area contributed by atoms with E-state index in [1.54, 1.807) is 0 Å². The first-order chi connectivity index (χ1) is 12.2. The number of halogens is 2. The summed E-state index contributed by atoms with van der Waals surface area (Å²) in [5.74, 6) is -3.65. The smallest absolute Gasteiger partial charge is 0.338 e. The van der Waals surface area contributed by atoms with Gasteiger partial charge in [0.05, 0.1) is 23.6 Å². The first-order valence-corrected chi connectivity index (χ1v) is 7.36. The molecule has 2 aromatic carbocycles. The molecule has 0 saturated carbocycles. The average Bonchev–Trinajstić information content (AvgIpc) is 2.62. The Kier molecular flexibility index (Phi) is 5.61. The quantitative estimate of drug-likeness (QED) is 0.499. The molecule has 0 spiro atoms. The van der Waals surface area contributed by atoms with E-state index in [2.05, 4.69) is 10.1 Å². The number of rotatable bonds is 5. The lowest BCUT2D eigenvalue weighted by Gasteiger charge is -2.15. The largest absolute Gasteiger partial charge is 0.465 e. The molecule has 2 aromatic rings. The number of methoxy groups -OCH3 is 1. The summed E-state index contributed by atoms with van der Waals surface area (Å²) in [6, 6.07) is 5.59. The predicted octanol–water partition coefficient (Wildman–Crippen LogP) is 3.15. The van der Waals surface area contributed by atoms with Crippen LogP contribution in [0.15, 0.2) is 36.4 Å². The lowest BCUT2D eigenvalue weighted by atomic mass is 10.1. The maximum atomic E-state index is 13.3. The Morgan fingerprint density at radius 1 is 1.12 bits per heavy atom. The van der Waals surface area contributed by atoms with Gasteiger partial charge in [-0.1, -0.05) is 6.07 Å². The minimum atomic E-state index is -1.06. The number of benzene rings is 2. The van der Waals surface area contributed by atoms with Gasteiger partial charge in [-0.2, -0.15) is 0 Å². The summed E-state index contributed by atoms with van der Waals surface area (Å²) in [7, 11) is 1.10. The van der Waals surface area contributed by atoms with Crippen molar-refractivity contribution in [1.82, 2.24) is 5.32 Å². The van der Waals surface area contributed by atoms with E-state index in [0.29, 0.717) is 5.56 Å². The van der Waals surface area contributed by atoms with Crippen LogP contribution in [0.2, 0.25) is 0 Å². The van der Waals surface area contributed by atoms with E-state index < -0.39 is 40.2 Å².